The molecule has 2 fully saturated rings. The minimum Gasteiger partial charge on any atom is -0.508 e. The summed E-state index contributed by atoms with van der Waals surface area (Å²) in [5.74, 6) is -0.311. The van der Waals surface area contributed by atoms with E-state index in [1.54, 1.807) is 12.3 Å². The number of fused-ring (bicyclic) bond motifs is 1. The minimum absolute atomic E-state index is 0.0797. The van der Waals surface area contributed by atoms with Gasteiger partial charge in [-0.2, -0.15) is 4.98 Å². The summed E-state index contributed by atoms with van der Waals surface area (Å²) in [6, 6.07) is 3.84. The van der Waals surface area contributed by atoms with Gasteiger partial charge in [-0.25, -0.2) is 9.50 Å². The van der Waals surface area contributed by atoms with Crippen molar-refractivity contribution in [1.29, 1.82) is 0 Å². The molecule has 1 aromatic carbocycles. The van der Waals surface area contributed by atoms with E-state index in [2.05, 4.69) is 15.1 Å². The third-order valence-electron chi connectivity index (χ3n) is 7.88. The molecule has 2 aliphatic rings. The maximum atomic E-state index is 13.4. The van der Waals surface area contributed by atoms with Crippen molar-refractivity contribution in [2.45, 2.75) is 77.2 Å². The number of aryl methyl sites for hydroxylation is 3. The summed E-state index contributed by atoms with van der Waals surface area (Å²) < 4.78 is 7.69. The standard InChI is InChI=1S/C27H31ClN4O4/c1-3-17-11-18(16(2)10-22(17)33)8-9-27(19-6-4-5-7-19)13-23(34)21(25(35)36-27)12-24-30-26-29-14-20(28)15-32(26)31-24/h10-11,14-15,19,21,33H,3-9,12-13H2,1-2H3. The Hall–Kier alpha value is -3.00. The summed E-state index contributed by atoms with van der Waals surface area (Å²) in [4.78, 5) is 35.2. The number of cyclic esters (lactones) is 1. The van der Waals surface area contributed by atoms with Gasteiger partial charge >= 0.3 is 5.97 Å². The molecule has 1 aliphatic heterocycles. The molecule has 0 bridgehead atoms. The smallest absolute Gasteiger partial charge is 0.317 e. The first kappa shape index (κ1) is 24.7. The number of rotatable bonds is 7. The quantitative estimate of drug-likeness (QED) is 0.366. The summed E-state index contributed by atoms with van der Waals surface area (Å²) >= 11 is 5.98. The number of hydrogen-bond donors (Lipinski definition) is 1. The largest absolute Gasteiger partial charge is 0.508 e. The Morgan fingerprint density at radius 1 is 1.22 bits per heavy atom. The van der Waals surface area contributed by atoms with Crippen molar-refractivity contribution >= 4 is 29.1 Å². The molecule has 0 radical (unpaired) electrons. The van der Waals surface area contributed by atoms with E-state index in [0.717, 1.165) is 48.8 Å². The van der Waals surface area contributed by atoms with Gasteiger partial charge < -0.3 is 9.84 Å². The van der Waals surface area contributed by atoms with Gasteiger partial charge in [-0.15, -0.1) is 5.10 Å². The molecule has 1 aliphatic carbocycles. The van der Waals surface area contributed by atoms with Crippen molar-refractivity contribution in [2.24, 2.45) is 11.8 Å². The second-order valence-corrected chi connectivity index (χ2v) is 10.6. The van der Waals surface area contributed by atoms with Gasteiger partial charge in [0.2, 0.25) is 0 Å². The van der Waals surface area contributed by atoms with Gasteiger partial charge in [0.15, 0.2) is 11.6 Å². The second kappa shape index (κ2) is 9.81. The number of Topliss-reactive ketones (excluding diaryl/α,β-unsaturated/α-hetero) is 1. The lowest BCUT2D eigenvalue weighted by atomic mass is 9.73. The van der Waals surface area contributed by atoms with Gasteiger partial charge in [0.05, 0.1) is 17.4 Å². The van der Waals surface area contributed by atoms with E-state index in [4.69, 9.17) is 16.3 Å². The van der Waals surface area contributed by atoms with Gasteiger partial charge in [0, 0.05) is 12.8 Å². The summed E-state index contributed by atoms with van der Waals surface area (Å²) in [6.07, 6.45) is 9.45. The van der Waals surface area contributed by atoms with Gasteiger partial charge in [0.1, 0.15) is 17.3 Å². The molecule has 9 heteroatoms. The lowest BCUT2D eigenvalue weighted by molar-refractivity contribution is -0.185. The minimum atomic E-state index is -0.922. The normalized spacial score (nSPS) is 22.9. The van der Waals surface area contributed by atoms with Crippen LogP contribution >= 0.6 is 11.6 Å². The first-order chi connectivity index (χ1) is 17.3. The van der Waals surface area contributed by atoms with Crippen molar-refractivity contribution in [3.8, 4) is 5.75 Å². The van der Waals surface area contributed by atoms with E-state index in [1.807, 2.05) is 19.9 Å². The number of ether oxygens (including phenoxy) is 1. The summed E-state index contributed by atoms with van der Waals surface area (Å²) in [7, 11) is 0. The van der Waals surface area contributed by atoms with E-state index < -0.39 is 17.5 Å². The van der Waals surface area contributed by atoms with Crippen LogP contribution in [0.2, 0.25) is 5.02 Å². The Labute approximate surface area is 215 Å². The monoisotopic (exact) mass is 510 g/mol. The van der Waals surface area contributed by atoms with Crippen LogP contribution in [0.1, 0.15) is 68.0 Å². The zero-order valence-electron chi connectivity index (χ0n) is 20.7. The van der Waals surface area contributed by atoms with Crippen LogP contribution in [0.5, 0.6) is 5.75 Å². The molecule has 3 aromatic rings. The number of halogens is 1. The molecule has 190 valence electrons. The fraction of sp³-hybridized carbons (Fsp3) is 0.519. The average Bonchev–Trinajstić information content (AvgIpc) is 3.51. The van der Waals surface area contributed by atoms with Gasteiger partial charge in [-0.1, -0.05) is 37.4 Å². The molecular formula is C27H31ClN4O4. The molecule has 0 amide bonds. The SMILES string of the molecule is CCc1cc(CCC2(C3CCCC3)CC(=O)C(Cc3nc4ncc(Cl)cn4n3)C(=O)O2)c(C)cc1O. The summed E-state index contributed by atoms with van der Waals surface area (Å²) in [5.41, 5.74) is 2.23. The third-order valence-corrected chi connectivity index (χ3v) is 8.07. The van der Waals surface area contributed by atoms with E-state index in [0.29, 0.717) is 35.2 Å². The zero-order chi connectivity index (χ0) is 25.4. The number of carbonyl (C=O) groups is 2. The maximum Gasteiger partial charge on any atom is 0.317 e. The fourth-order valence-electron chi connectivity index (χ4n) is 5.84. The van der Waals surface area contributed by atoms with Crippen LogP contribution < -0.4 is 0 Å². The van der Waals surface area contributed by atoms with Crippen LogP contribution in [0.4, 0.5) is 0 Å². The van der Waals surface area contributed by atoms with Gasteiger partial charge in [-0.05, 0) is 67.7 Å². The average molecular weight is 511 g/mol. The van der Waals surface area contributed by atoms with Crippen LogP contribution in [0, 0.1) is 18.8 Å². The van der Waals surface area contributed by atoms with Crippen molar-refractivity contribution in [2.75, 3.05) is 0 Å². The highest BCUT2D eigenvalue weighted by Crippen LogP contribution is 2.45. The Morgan fingerprint density at radius 2 is 2.00 bits per heavy atom. The Morgan fingerprint density at radius 3 is 2.72 bits per heavy atom. The van der Waals surface area contributed by atoms with Gasteiger partial charge in [-0.3, -0.25) is 9.59 Å². The third kappa shape index (κ3) is 4.71. The predicted octanol–water partition coefficient (Wildman–Crippen LogP) is 4.59. The Kier molecular flexibility index (Phi) is 6.72. The number of esters is 1. The number of ketones is 1. The van der Waals surface area contributed by atoms with Crippen molar-refractivity contribution < 1.29 is 19.4 Å². The molecule has 1 N–H and O–H groups in total. The number of aromatic nitrogens is 4. The lowest BCUT2D eigenvalue weighted by Gasteiger charge is -2.43. The molecule has 2 unspecified atom stereocenters. The molecule has 2 atom stereocenters. The summed E-state index contributed by atoms with van der Waals surface area (Å²) in [6.45, 7) is 3.99. The topological polar surface area (TPSA) is 107 Å². The molecule has 1 saturated heterocycles. The number of phenolic OH excluding ortho intramolecular Hbond substituents is 1. The van der Waals surface area contributed by atoms with Crippen LogP contribution in [-0.4, -0.2) is 42.0 Å². The van der Waals surface area contributed by atoms with Crippen LogP contribution in [0.25, 0.3) is 5.78 Å². The molecular weight excluding hydrogens is 480 g/mol. The number of nitrogens with zero attached hydrogens (tertiary/aromatic N) is 4. The van der Waals surface area contributed by atoms with Crippen molar-refractivity contribution in [3.63, 3.8) is 0 Å². The fourth-order valence-corrected chi connectivity index (χ4v) is 5.98. The first-order valence-electron chi connectivity index (χ1n) is 12.7. The highest BCUT2D eigenvalue weighted by molar-refractivity contribution is 6.30. The molecule has 2 aromatic heterocycles. The number of benzene rings is 1. The lowest BCUT2D eigenvalue weighted by Crippen LogP contribution is -2.52. The highest BCUT2D eigenvalue weighted by Gasteiger charge is 2.51. The Balaban J connectivity index is 1.36. The van der Waals surface area contributed by atoms with E-state index in [9.17, 15) is 14.7 Å². The Bertz CT molecular complexity index is 1300. The van der Waals surface area contributed by atoms with Gasteiger partial charge in [0.25, 0.3) is 5.78 Å². The van der Waals surface area contributed by atoms with E-state index >= 15 is 0 Å². The van der Waals surface area contributed by atoms with E-state index in [1.165, 1.54) is 10.7 Å². The highest BCUT2D eigenvalue weighted by atomic mass is 35.5. The van der Waals surface area contributed by atoms with Crippen LogP contribution in [0.3, 0.4) is 0 Å². The van der Waals surface area contributed by atoms with Crippen LogP contribution in [-0.2, 0) is 33.6 Å². The number of carbonyl (C=O) groups excluding carboxylic acids is 2. The zero-order valence-corrected chi connectivity index (χ0v) is 21.4. The molecule has 1 saturated carbocycles. The number of aromatic hydroxyl groups is 1. The first-order valence-corrected chi connectivity index (χ1v) is 13.1. The van der Waals surface area contributed by atoms with Crippen LogP contribution in [0.15, 0.2) is 24.5 Å². The predicted molar refractivity (Wildman–Crippen MR) is 134 cm³/mol. The molecule has 3 heterocycles. The number of phenols is 1. The molecule has 0 spiro atoms. The molecule has 36 heavy (non-hydrogen) atoms. The van der Waals surface area contributed by atoms with Crippen molar-refractivity contribution in [1.82, 2.24) is 19.6 Å². The maximum absolute atomic E-state index is 13.4. The summed E-state index contributed by atoms with van der Waals surface area (Å²) in [5, 5.41) is 15.0. The molecule has 8 nitrogen and oxygen atoms in total. The van der Waals surface area contributed by atoms with E-state index in [-0.39, 0.29) is 24.5 Å². The second-order valence-electron chi connectivity index (χ2n) is 10.2. The van der Waals surface area contributed by atoms with Crippen molar-refractivity contribution in [3.05, 3.63) is 52.1 Å². The molecule has 5 rings (SSSR count). The number of hydrogen-bond acceptors (Lipinski definition) is 7.